The highest BCUT2D eigenvalue weighted by atomic mass is 79.9. The van der Waals surface area contributed by atoms with E-state index in [1.54, 1.807) is 6.07 Å². The Morgan fingerprint density at radius 3 is 2.62 bits per heavy atom. The van der Waals surface area contributed by atoms with Crippen molar-refractivity contribution in [3.63, 3.8) is 0 Å². The first-order chi connectivity index (χ1) is 9.97. The molecule has 0 saturated carbocycles. The third kappa shape index (κ3) is 3.14. The molecule has 1 unspecified atom stereocenters. The van der Waals surface area contributed by atoms with E-state index in [1.165, 1.54) is 4.57 Å². The van der Waals surface area contributed by atoms with Gasteiger partial charge < -0.3 is 0 Å². The molecule has 21 heavy (non-hydrogen) atoms. The Balaban J connectivity index is 2.74. The number of benzene rings is 1. The minimum atomic E-state index is -0.471. The Morgan fingerprint density at radius 1 is 1.33 bits per heavy atom. The van der Waals surface area contributed by atoms with E-state index in [0.717, 1.165) is 17.3 Å². The monoisotopic (exact) mass is 370 g/mol. The zero-order valence-corrected chi connectivity index (χ0v) is 14.2. The highest BCUT2D eigenvalue weighted by Gasteiger charge is 2.19. The van der Waals surface area contributed by atoms with Crippen molar-refractivity contribution < 1.29 is 0 Å². The fourth-order valence-electron chi connectivity index (χ4n) is 2.37. The second-order valence-electron chi connectivity index (χ2n) is 4.91. The highest BCUT2D eigenvalue weighted by molar-refractivity contribution is 9.10. The Labute approximate surface area is 135 Å². The van der Waals surface area contributed by atoms with Gasteiger partial charge in [0.25, 0.3) is 5.56 Å². The van der Waals surface area contributed by atoms with Gasteiger partial charge in [0.05, 0.1) is 5.56 Å². The number of H-pyrrole nitrogens is 1. The first-order valence-corrected chi connectivity index (χ1v) is 7.93. The molecule has 1 N–H and O–H groups in total. The van der Waals surface area contributed by atoms with E-state index in [0.29, 0.717) is 11.1 Å². The molecule has 0 bridgehead atoms. The maximum Gasteiger partial charge on any atom is 0.329 e. The SMILES string of the molecule is CCCC(C)n1c(=O)[nH]c(Cl)c(-c2ccccc2Br)c1=O. The molecule has 1 aromatic heterocycles. The molecule has 2 rings (SSSR count). The summed E-state index contributed by atoms with van der Waals surface area (Å²) in [5.74, 6) is 0. The smallest absolute Gasteiger partial charge is 0.297 e. The molecule has 0 spiro atoms. The van der Waals surface area contributed by atoms with Crippen molar-refractivity contribution in [2.45, 2.75) is 32.7 Å². The number of nitrogens with one attached hydrogen (secondary N) is 1. The zero-order valence-electron chi connectivity index (χ0n) is 11.8. The third-order valence-corrected chi connectivity index (χ3v) is 4.35. The van der Waals surface area contributed by atoms with Gasteiger partial charge in [-0.2, -0.15) is 0 Å². The second-order valence-corrected chi connectivity index (χ2v) is 6.14. The van der Waals surface area contributed by atoms with Crippen LogP contribution in [0.1, 0.15) is 32.7 Å². The lowest BCUT2D eigenvalue weighted by molar-refractivity contribution is 0.466. The largest absolute Gasteiger partial charge is 0.329 e. The van der Waals surface area contributed by atoms with Crippen molar-refractivity contribution in [3.8, 4) is 11.1 Å². The van der Waals surface area contributed by atoms with Gasteiger partial charge in [0, 0.05) is 16.1 Å². The predicted molar refractivity (Wildman–Crippen MR) is 89.1 cm³/mol. The van der Waals surface area contributed by atoms with Crippen LogP contribution < -0.4 is 11.2 Å². The summed E-state index contributed by atoms with van der Waals surface area (Å²) in [5.41, 5.74) is 0.145. The molecule has 4 nitrogen and oxygen atoms in total. The molecule has 0 amide bonds. The van der Waals surface area contributed by atoms with E-state index in [2.05, 4.69) is 20.9 Å². The van der Waals surface area contributed by atoms with Crippen molar-refractivity contribution in [2.24, 2.45) is 0 Å². The number of hydrogen-bond donors (Lipinski definition) is 1. The zero-order chi connectivity index (χ0) is 15.6. The van der Waals surface area contributed by atoms with Gasteiger partial charge in [-0.15, -0.1) is 0 Å². The van der Waals surface area contributed by atoms with Crippen LogP contribution in [0.3, 0.4) is 0 Å². The Bertz CT molecular complexity index is 767. The Hall–Kier alpha value is -1.33. The van der Waals surface area contributed by atoms with Crippen LogP contribution in [0.25, 0.3) is 11.1 Å². The van der Waals surface area contributed by atoms with Gasteiger partial charge in [-0.3, -0.25) is 14.3 Å². The lowest BCUT2D eigenvalue weighted by Gasteiger charge is -2.15. The molecule has 1 atom stereocenters. The normalized spacial score (nSPS) is 12.4. The summed E-state index contributed by atoms with van der Waals surface area (Å²) in [7, 11) is 0. The van der Waals surface area contributed by atoms with Crippen LogP contribution in [0.5, 0.6) is 0 Å². The summed E-state index contributed by atoms with van der Waals surface area (Å²) in [5, 5.41) is 0.0665. The van der Waals surface area contributed by atoms with E-state index in [4.69, 9.17) is 11.6 Å². The first-order valence-electron chi connectivity index (χ1n) is 6.76. The van der Waals surface area contributed by atoms with Gasteiger partial charge in [0.2, 0.25) is 0 Å². The van der Waals surface area contributed by atoms with Crippen LogP contribution in [-0.2, 0) is 0 Å². The van der Waals surface area contributed by atoms with E-state index in [-0.39, 0.29) is 16.8 Å². The number of hydrogen-bond acceptors (Lipinski definition) is 2. The first kappa shape index (κ1) is 16.0. The molecule has 2 aromatic rings. The number of aromatic nitrogens is 2. The summed E-state index contributed by atoms with van der Waals surface area (Å²) in [6.45, 7) is 3.87. The van der Waals surface area contributed by atoms with Crippen LogP contribution in [0.4, 0.5) is 0 Å². The number of halogens is 2. The lowest BCUT2D eigenvalue weighted by Crippen LogP contribution is -2.38. The average molecular weight is 372 g/mol. The van der Waals surface area contributed by atoms with Gasteiger partial charge in [0.1, 0.15) is 5.15 Å². The summed E-state index contributed by atoms with van der Waals surface area (Å²) >= 11 is 9.52. The Morgan fingerprint density at radius 2 is 2.00 bits per heavy atom. The topological polar surface area (TPSA) is 54.9 Å². The minimum Gasteiger partial charge on any atom is -0.297 e. The van der Waals surface area contributed by atoms with Crippen LogP contribution in [0.15, 0.2) is 38.3 Å². The molecule has 0 fully saturated rings. The molecule has 112 valence electrons. The van der Waals surface area contributed by atoms with Crippen LogP contribution in [-0.4, -0.2) is 9.55 Å². The predicted octanol–water partition coefficient (Wildman–Crippen LogP) is 3.98. The third-order valence-electron chi connectivity index (χ3n) is 3.38. The maximum absolute atomic E-state index is 12.7. The standard InChI is InChI=1S/C15H16BrClN2O2/c1-3-6-9(2)19-14(20)12(13(17)18-15(19)21)10-7-4-5-8-11(10)16/h4-5,7-9H,3,6H2,1-2H3,(H,18,21). The molecular formula is C15H16BrClN2O2. The summed E-state index contributed by atoms with van der Waals surface area (Å²) in [6.07, 6.45) is 1.64. The van der Waals surface area contributed by atoms with Crippen molar-refractivity contribution in [1.29, 1.82) is 0 Å². The fraction of sp³-hybridized carbons (Fsp3) is 0.333. The quantitative estimate of drug-likeness (QED) is 0.827. The van der Waals surface area contributed by atoms with Crippen molar-refractivity contribution in [1.82, 2.24) is 9.55 Å². The van der Waals surface area contributed by atoms with Crippen LogP contribution in [0, 0.1) is 0 Å². The molecule has 0 radical (unpaired) electrons. The molecular weight excluding hydrogens is 356 g/mol. The van der Waals surface area contributed by atoms with Crippen LogP contribution in [0.2, 0.25) is 5.15 Å². The van der Waals surface area contributed by atoms with E-state index >= 15 is 0 Å². The van der Waals surface area contributed by atoms with Crippen molar-refractivity contribution in [3.05, 3.63) is 54.7 Å². The second kappa shape index (κ2) is 6.62. The lowest BCUT2D eigenvalue weighted by atomic mass is 10.1. The molecule has 6 heteroatoms. The summed E-state index contributed by atoms with van der Waals surface area (Å²) in [4.78, 5) is 27.3. The maximum atomic E-state index is 12.7. The van der Waals surface area contributed by atoms with Gasteiger partial charge in [-0.1, -0.05) is 59.1 Å². The molecule has 0 saturated heterocycles. The summed E-state index contributed by atoms with van der Waals surface area (Å²) < 4.78 is 2.00. The molecule has 1 heterocycles. The minimum absolute atomic E-state index is 0.0665. The molecule has 1 aromatic carbocycles. The van der Waals surface area contributed by atoms with E-state index in [9.17, 15) is 9.59 Å². The number of rotatable bonds is 4. The molecule has 0 aliphatic heterocycles. The highest BCUT2D eigenvalue weighted by Crippen LogP contribution is 2.29. The van der Waals surface area contributed by atoms with Crippen LogP contribution >= 0.6 is 27.5 Å². The van der Waals surface area contributed by atoms with Gasteiger partial charge in [0.15, 0.2) is 0 Å². The van der Waals surface area contributed by atoms with Gasteiger partial charge in [-0.25, -0.2) is 4.79 Å². The number of nitrogens with zero attached hydrogens (tertiary/aromatic N) is 1. The van der Waals surface area contributed by atoms with E-state index in [1.807, 2.05) is 32.0 Å². The van der Waals surface area contributed by atoms with Gasteiger partial charge in [-0.05, 0) is 19.4 Å². The average Bonchev–Trinajstić information content (AvgIpc) is 2.40. The van der Waals surface area contributed by atoms with Crippen molar-refractivity contribution in [2.75, 3.05) is 0 Å². The summed E-state index contributed by atoms with van der Waals surface area (Å²) in [6, 6.07) is 7.12. The Kier molecular flexibility index (Phi) is 5.06. The van der Waals surface area contributed by atoms with Crippen molar-refractivity contribution >= 4 is 27.5 Å². The molecule has 0 aliphatic carbocycles. The molecule has 0 aliphatic rings. The van der Waals surface area contributed by atoms with E-state index < -0.39 is 5.69 Å². The number of aromatic amines is 1. The van der Waals surface area contributed by atoms with Gasteiger partial charge >= 0.3 is 5.69 Å². The fourth-order valence-corrected chi connectivity index (χ4v) is 3.11.